The Morgan fingerprint density at radius 1 is 1.18 bits per heavy atom. The van der Waals surface area contributed by atoms with Crippen LogP contribution in [0, 0.1) is 11.8 Å². The highest BCUT2D eigenvalue weighted by molar-refractivity contribution is 5.86. The summed E-state index contributed by atoms with van der Waals surface area (Å²) in [6.45, 7) is 2.50. The summed E-state index contributed by atoms with van der Waals surface area (Å²) in [4.78, 5) is 14.5. The Hall–Kier alpha value is -2.75. The minimum absolute atomic E-state index is 0.412. The SMILES string of the molecule is CC(Cc1ccc(OCC2CCCC2)c(-c2ccc3[nH]ccc3c2)c1)C(=O)O. The molecule has 0 bridgehead atoms. The standard InChI is InChI=1S/C24H27NO3/c1-16(24(26)27)12-18-6-9-23(28-15-17-4-2-3-5-17)21(13-18)19-7-8-22-20(14-19)10-11-25-22/h6-11,13-14,16-17,25H,2-5,12,15H2,1H3,(H,26,27). The third-order valence-corrected chi connectivity index (χ3v) is 5.82. The number of nitrogens with one attached hydrogen (secondary N) is 1. The monoisotopic (exact) mass is 377 g/mol. The lowest BCUT2D eigenvalue weighted by atomic mass is 9.96. The summed E-state index contributed by atoms with van der Waals surface area (Å²) in [7, 11) is 0. The Balaban J connectivity index is 1.66. The Bertz CT molecular complexity index is 969. The molecule has 146 valence electrons. The van der Waals surface area contributed by atoms with Gasteiger partial charge in [0.15, 0.2) is 0 Å². The van der Waals surface area contributed by atoms with Gasteiger partial charge in [0.25, 0.3) is 0 Å². The number of carboxylic acids is 1. The molecule has 3 aromatic rings. The van der Waals surface area contributed by atoms with Crippen molar-refractivity contribution in [2.24, 2.45) is 11.8 Å². The molecular weight excluding hydrogens is 350 g/mol. The fourth-order valence-electron chi connectivity index (χ4n) is 4.10. The topological polar surface area (TPSA) is 62.3 Å². The number of benzene rings is 2. The van der Waals surface area contributed by atoms with Gasteiger partial charge >= 0.3 is 5.97 Å². The van der Waals surface area contributed by atoms with E-state index in [2.05, 4.69) is 35.3 Å². The molecule has 1 saturated carbocycles. The van der Waals surface area contributed by atoms with Gasteiger partial charge in [-0.2, -0.15) is 0 Å². The minimum Gasteiger partial charge on any atom is -0.493 e. The van der Waals surface area contributed by atoms with E-state index in [0.29, 0.717) is 12.3 Å². The first-order chi connectivity index (χ1) is 13.6. The molecule has 0 amide bonds. The number of aromatic nitrogens is 1. The van der Waals surface area contributed by atoms with Crippen LogP contribution in [0.1, 0.15) is 38.2 Å². The second-order valence-electron chi connectivity index (χ2n) is 8.02. The molecule has 0 aliphatic heterocycles. The van der Waals surface area contributed by atoms with Gasteiger partial charge in [-0.15, -0.1) is 0 Å². The maximum atomic E-state index is 11.3. The second kappa shape index (κ2) is 8.09. The Morgan fingerprint density at radius 3 is 2.79 bits per heavy atom. The van der Waals surface area contributed by atoms with Crippen LogP contribution < -0.4 is 4.74 Å². The van der Waals surface area contributed by atoms with E-state index in [4.69, 9.17) is 4.74 Å². The molecule has 0 spiro atoms. The lowest BCUT2D eigenvalue weighted by Gasteiger charge is -2.17. The smallest absolute Gasteiger partial charge is 0.306 e. The van der Waals surface area contributed by atoms with Gasteiger partial charge in [0.2, 0.25) is 0 Å². The van der Waals surface area contributed by atoms with Gasteiger partial charge in [0, 0.05) is 17.3 Å². The van der Waals surface area contributed by atoms with Crippen LogP contribution in [0.3, 0.4) is 0 Å². The van der Waals surface area contributed by atoms with Gasteiger partial charge in [-0.3, -0.25) is 4.79 Å². The van der Waals surface area contributed by atoms with Gasteiger partial charge < -0.3 is 14.8 Å². The van der Waals surface area contributed by atoms with E-state index in [1.807, 2.05) is 18.3 Å². The molecule has 0 saturated heterocycles. The molecule has 4 heteroatoms. The van der Waals surface area contributed by atoms with Crippen LogP contribution in [-0.2, 0) is 11.2 Å². The largest absolute Gasteiger partial charge is 0.493 e. The molecule has 1 atom stereocenters. The average Bonchev–Trinajstić information content (AvgIpc) is 3.37. The molecule has 1 aromatic heterocycles. The molecule has 0 radical (unpaired) electrons. The van der Waals surface area contributed by atoms with Gasteiger partial charge in [0.05, 0.1) is 12.5 Å². The molecule has 4 rings (SSSR count). The van der Waals surface area contributed by atoms with Crippen molar-refractivity contribution in [1.82, 2.24) is 4.98 Å². The lowest BCUT2D eigenvalue weighted by Crippen LogP contribution is -2.12. The van der Waals surface area contributed by atoms with E-state index in [9.17, 15) is 9.90 Å². The highest BCUT2D eigenvalue weighted by Gasteiger charge is 2.18. The minimum atomic E-state index is -0.767. The second-order valence-corrected chi connectivity index (χ2v) is 8.02. The molecule has 2 aromatic carbocycles. The number of aliphatic carboxylic acids is 1. The van der Waals surface area contributed by atoms with Crippen molar-refractivity contribution >= 4 is 16.9 Å². The summed E-state index contributed by atoms with van der Waals surface area (Å²) >= 11 is 0. The van der Waals surface area contributed by atoms with Crippen LogP contribution >= 0.6 is 0 Å². The highest BCUT2D eigenvalue weighted by Crippen LogP contribution is 2.35. The highest BCUT2D eigenvalue weighted by atomic mass is 16.5. The van der Waals surface area contributed by atoms with Gasteiger partial charge in [-0.25, -0.2) is 0 Å². The van der Waals surface area contributed by atoms with Crippen LogP contribution in [0.4, 0.5) is 0 Å². The fraction of sp³-hybridized carbons (Fsp3) is 0.375. The number of hydrogen-bond donors (Lipinski definition) is 2. The van der Waals surface area contributed by atoms with Crippen LogP contribution in [-0.4, -0.2) is 22.7 Å². The number of rotatable bonds is 7. The molecule has 1 unspecified atom stereocenters. The zero-order valence-corrected chi connectivity index (χ0v) is 16.3. The average molecular weight is 377 g/mol. The molecule has 1 aliphatic rings. The van der Waals surface area contributed by atoms with Crippen LogP contribution in [0.5, 0.6) is 5.75 Å². The van der Waals surface area contributed by atoms with Crippen LogP contribution in [0.2, 0.25) is 0 Å². The zero-order valence-electron chi connectivity index (χ0n) is 16.3. The number of aromatic amines is 1. The molecule has 1 fully saturated rings. The molecule has 2 N–H and O–H groups in total. The summed E-state index contributed by atoms with van der Waals surface area (Å²) in [5.41, 5.74) is 4.26. The van der Waals surface area contributed by atoms with Crippen LogP contribution in [0.15, 0.2) is 48.7 Å². The molecule has 1 aliphatic carbocycles. The Kier molecular flexibility index (Phi) is 5.38. The Morgan fingerprint density at radius 2 is 2.00 bits per heavy atom. The fourth-order valence-corrected chi connectivity index (χ4v) is 4.10. The van der Waals surface area contributed by atoms with E-state index >= 15 is 0 Å². The number of fused-ring (bicyclic) bond motifs is 1. The summed E-state index contributed by atoms with van der Waals surface area (Å²) < 4.78 is 6.25. The predicted molar refractivity (Wildman–Crippen MR) is 112 cm³/mol. The first-order valence-electron chi connectivity index (χ1n) is 10.2. The lowest BCUT2D eigenvalue weighted by molar-refractivity contribution is -0.141. The van der Waals surface area contributed by atoms with Gasteiger partial charge in [-0.05, 0) is 72.0 Å². The summed E-state index contributed by atoms with van der Waals surface area (Å²) in [6.07, 6.45) is 7.56. The van der Waals surface area contributed by atoms with Crippen LogP contribution in [0.25, 0.3) is 22.0 Å². The number of hydrogen-bond acceptors (Lipinski definition) is 2. The zero-order chi connectivity index (χ0) is 19.5. The molecule has 4 nitrogen and oxygen atoms in total. The van der Waals surface area contributed by atoms with Crippen molar-refractivity contribution in [3.05, 3.63) is 54.2 Å². The number of H-pyrrole nitrogens is 1. The van der Waals surface area contributed by atoms with Crippen molar-refractivity contribution in [3.8, 4) is 16.9 Å². The van der Waals surface area contributed by atoms with E-state index in [1.54, 1.807) is 6.92 Å². The van der Waals surface area contributed by atoms with Crippen molar-refractivity contribution < 1.29 is 14.6 Å². The number of carboxylic acid groups (broad SMARTS) is 1. The van der Waals surface area contributed by atoms with Crippen molar-refractivity contribution in [2.45, 2.75) is 39.0 Å². The van der Waals surface area contributed by atoms with E-state index < -0.39 is 11.9 Å². The molecule has 28 heavy (non-hydrogen) atoms. The molecule has 1 heterocycles. The first-order valence-corrected chi connectivity index (χ1v) is 10.2. The maximum Gasteiger partial charge on any atom is 0.306 e. The summed E-state index contributed by atoms with van der Waals surface area (Å²) in [6, 6.07) is 14.5. The van der Waals surface area contributed by atoms with Gasteiger partial charge in [0.1, 0.15) is 5.75 Å². The van der Waals surface area contributed by atoms with Crippen molar-refractivity contribution in [1.29, 1.82) is 0 Å². The first kappa shape index (κ1) is 18.6. The van der Waals surface area contributed by atoms with Crippen molar-refractivity contribution in [2.75, 3.05) is 6.61 Å². The van der Waals surface area contributed by atoms with Crippen molar-refractivity contribution in [3.63, 3.8) is 0 Å². The summed E-state index contributed by atoms with van der Waals surface area (Å²) in [5.74, 6) is 0.349. The maximum absolute atomic E-state index is 11.3. The van der Waals surface area contributed by atoms with E-state index in [-0.39, 0.29) is 0 Å². The van der Waals surface area contributed by atoms with E-state index in [0.717, 1.165) is 39.9 Å². The van der Waals surface area contributed by atoms with E-state index in [1.165, 1.54) is 25.7 Å². The predicted octanol–water partition coefficient (Wildman–Crippen LogP) is 5.67. The van der Waals surface area contributed by atoms with Gasteiger partial charge in [-0.1, -0.05) is 31.9 Å². The molecular formula is C24H27NO3. The third-order valence-electron chi connectivity index (χ3n) is 5.82. The third kappa shape index (κ3) is 4.06. The summed E-state index contributed by atoms with van der Waals surface area (Å²) in [5, 5.41) is 10.4. The quantitative estimate of drug-likeness (QED) is 0.558. The Labute approximate surface area is 165 Å². The number of carbonyl (C=O) groups is 1. The normalized spacial score (nSPS) is 15.8. The number of ether oxygens (including phenoxy) is 1.